The summed E-state index contributed by atoms with van der Waals surface area (Å²) in [7, 11) is 0. The van der Waals surface area contributed by atoms with Gasteiger partial charge in [-0.15, -0.1) is 0 Å². The molecule has 2 rings (SSSR count). The number of nitrogens with one attached hydrogen (secondary N) is 1. The molecule has 0 heterocycles. The number of benzene rings is 2. The van der Waals surface area contributed by atoms with Crippen LogP contribution in [-0.4, -0.2) is 16.7 Å². The highest BCUT2D eigenvalue weighted by Crippen LogP contribution is 2.16. The second-order valence-corrected chi connectivity index (χ2v) is 4.82. The van der Waals surface area contributed by atoms with E-state index in [2.05, 4.69) is 10.5 Å². The minimum atomic E-state index is -0.457. The van der Waals surface area contributed by atoms with Crippen molar-refractivity contribution < 1.29 is 9.90 Å². The average molecular weight is 303 g/mol. The Kier molecular flexibility index (Phi) is 4.95. The summed E-state index contributed by atoms with van der Waals surface area (Å²) in [6, 6.07) is 13.6. The van der Waals surface area contributed by atoms with Crippen LogP contribution in [-0.2, 0) is 0 Å². The van der Waals surface area contributed by atoms with Gasteiger partial charge in [-0.1, -0.05) is 42.8 Å². The SMILES string of the molecule is CC/C(=N/NC(=O)c1ccccc1O)c1cccc(Cl)c1. The highest BCUT2D eigenvalue weighted by molar-refractivity contribution is 6.31. The molecular weight excluding hydrogens is 288 g/mol. The number of hydrogen-bond acceptors (Lipinski definition) is 3. The molecule has 0 unspecified atom stereocenters. The van der Waals surface area contributed by atoms with E-state index in [0.717, 1.165) is 5.56 Å². The lowest BCUT2D eigenvalue weighted by molar-refractivity contribution is 0.0952. The Labute approximate surface area is 128 Å². The van der Waals surface area contributed by atoms with Gasteiger partial charge < -0.3 is 5.11 Å². The van der Waals surface area contributed by atoms with Gasteiger partial charge in [0.05, 0.1) is 11.3 Å². The Morgan fingerprint density at radius 2 is 2.00 bits per heavy atom. The van der Waals surface area contributed by atoms with Crippen molar-refractivity contribution in [3.05, 3.63) is 64.7 Å². The maximum absolute atomic E-state index is 12.0. The van der Waals surface area contributed by atoms with E-state index in [9.17, 15) is 9.90 Å². The summed E-state index contributed by atoms with van der Waals surface area (Å²) in [5, 5.41) is 14.4. The normalized spacial score (nSPS) is 11.2. The van der Waals surface area contributed by atoms with Crippen LogP contribution in [0.15, 0.2) is 53.6 Å². The van der Waals surface area contributed by atoms with Gasteiger partial charge in [0.15, 0.2) is 0 Å². The largest absolute Gasteiger partial charge is 0.507 e. The molecule has 0 spiro atoms. The molecule has 2 aromatic rings. The molecular formula is C16H15ClN2O2. The zero-order chi connectivity index (χ0) is 15.2. The lowest BCUT2D eigenvalue weighted by atomic mass is 10.1. The average Bonchev–Trinajstić information content (AvgIpc) is 2.48. The summed E-state index contributed by atoms with van der Waals surface area (Å²) in [6.07, 6.45) is 0.640. The van der Waals surface area contributed by atoms with Crippen molar-refractivity contribution in [3.63, 3.8) is 0 Å². The molecule has 0 aliphatic heterocycles. The third-order valence-electron chi connectivity index (χ3n) is 2.93. The van der Waals surface area contributed by atoms with E-state index in [4.69, 9.17) is 11.6 Å². The molecule has 2 N–H and O–H groups in total. The van der Waals surface area contributed by atoms with E-state index in [0.29, 0.717) is 17.2 Å². The molecule has 0 atom stereocenters. The van der Waals surface area contributed by atoms with Crippen LogP contribution in [0.3, 0.4) is 0 Å². The van der Waals surface area contributed by atoms with Crippen LogP contribution in [0.4, 0.5) is 0 Å². The number of hydrazone groups is 1. The molecule has 0 saturated carbocycles. The monoisotopic (exact) mass is 302 g/mol. The van der Waals surface area contributed by atoms with Crippen molar-refractivity contribution in [3.8, 4) is 5.75 Å². The van der Waals surface area contributed by atoms with Crippen LogP contribution in [0.2, 0.25) is 5.02 Å². The Hall–Kier alpha value is -2.33. The zero-order valence-electron chi connectivity index (χ0n) is 11.5. The van der Waals surface area contributed by atoms with Gasteiger partial charge in [-0.2, -0.15) is 5.10 Å². The van der Waals surface area contributed by atoms with Gasteiger partial charge in [0.2, 0.25) is 0 Å². The van der Waals surface area contributed by atoms with Crippen molar-refractivity contribution in [2.45, 2.75) is 13.3 Å². The second-order valence-electron chi connectivity index (χ2n) is 4.38. The molecule has 1 amide bonds. The van der Waals surface area contributed by atoms with Gasteiger partial charge in [-0.25, -0.2) is 5.43 Å². The summed E-state index contributed by atoms with van der Waals surface area (Å²) >= 11 is 5.95. The number of hydrogen-bond donors (Lipinski definition) is 2. The first-order valence-corrected chi connectivity index (χ1v) is 6.90. The molecule has 21 heavy (non-hydrogen) atoms. The summed E-state index contributed by atoms with van der Waals surface area (Å²) < 4.78 is 0. The fraction of sp³-hybridized carbons (Fsp3) is 0.125. The van der Waals surface area contributed by atoms with E-state index in [1.54, 1.807) is 24.3 Å². The van der Waals surface area contributed by atoms with Crippen LogP contribution in [0, 0.1) is 0 Å². The number of nitrogens with zero attached hydrogens (tertiary/aromatic N) is 1. The quantitative estimate of drug-likeness (QED) is 0.669. The van der Waals surface area contributed by atoms with Gasteiger partial charge in [0.1, 0.15) is 5.75 Å². The molecule has 5 heteroatoms. The zero-order valence-corrected chi connectivity index (χ0v) is 12.3. The molecule has 0 aromatic heterocycles. The number of halogens is 1. The summed E-state index contributed by atoms with van der Waals surface area (Å²) in [5.41, 5.74) is 4.20. The van der Waals surface area contributed by atoms with Gasteiger partial charge >= 0.3 is 0 Å². The van der Waals surface area contributed by atoms with Crippen LogP contribution in [0.25, 0.3) is 0 Å². The molecule has 0 saturated heterocycles. The van der Waals surface area contributed by atoms with Crippen LogP contribution in [0.1, 0.15) is 29.3 Å². The Morgan fingerprint density at radius 1 is 1.24 bits per heavy atom. The number of carbonyl (C=O) groups excluding carboxylic acids is 1. The van der Waals surface area contributed by atoms with Crippen LogP contribution >= 0.6 is 11.6 Å². The van der Waals surface area contributed by atoms with E-state index >= 15 is 0 Å². The first-order valence-electron chi connectivity index (χ1n) is 6.52. The summed E-state index contributed by atoms with van der Waals surface area (Å²) in [5.74, 6) is -0.535. The maximum Gasteiger partial charge on any atom is 0.275 e. The Bertz CT molecular complexity index is 683. The van der Waals surface area contributed by atoms with Gasteiger partial charge in [0.25, 0.3) is 5.91 Å². The Morgan fingerprint density at radius 3 is 2.67 bits per heavy atom. The van der Waals surface area contributed by atoms with E-state index in [-0.39, 0.29) is 11.3 Å². The fourth-order valence-electron chi connectivity index (χ4n) is 1.86. The first kappa shape index (κ1) is 15.1. The summed E-state index contributed by atoms with van der Waals surface area (Å²) in [4.78, 5) is 12.0. The van der Waals surface area contributed by atoms with Crippen LogP contribution < -0.4 is 5.43 Å². The van der Waals surface area contributed by atoms with Gasteiger partial charge in [0, 0.05) is 5.02 Å². The number of phenolic OH excluding ortho intramolecular Hbond substituents is 1. The topological polar surface area (TPSA) is 61.7 Å². The molecule has 108 valence electrons. The molecule has 0 bridgehead atoms. The van der Waals surface area contributed by atoms with Crippen molar-refractivity contribution >= 4 is 23.2 Å². The maximum atomic E-state index is 12.0. The van der Waals surface area contributed by atoms with E-state index in [1.165, 1.54) is 12.1 Å². The minimum Gasteiger partial charge on any atom is -0.507 e. The van der Waals surface area contributed by atoms with E-state index in [1.807, 2.05) is 19.1 Å². The Balaban J connectivity index is 2.19. The third-order valence-corrected chi connectivity index (χ3v) is 3.17. The number of para-hydroxylation sites is 1. The number of aromatic hydroxyl groups is 1. The second kappa shape index (κ2) is 6.90. The number of rotatable bonds is 4. The van der Waals surface area contributed by atoms with E-state index < -0.39 is 5.91 Å². The lowest BCUT2D eigenvalue weighted by Crippen LogP contribution is -2.20. The number of carbonyl (C=O) groups is 1. The van der Waals surface area contributed by atoms with Crippen molar-refractivity contribution in [2.75, 3.05) is 0 Å². The van der Waals surface area contributed by atoms with Crippen molar-refractivity contribution in [1.29, 1.82) is 0 Å². The van der Waals surface area contributed by atoms with Gasteiger partial charge in [-0.3, -0.25) is 4.79 Å². The van der Waals surface area contributed by atoms with Crippen molar-refractivity contribution in [1.82, 2.24) is 5.43 Å². The van der Waals surface area contributed by atoms with Crippen LogP contribution in [0.5, 0.6) is 5.75 Å². The molecule has 0 aliphatic rings. The minimum absolute atomic E-state index is 0.0778. The molecule has 4 nitrogen and oxygen atoms in total. The number of phenols is 1. The highest BCUT2D eigenvalue weighted by atomic mass is 35.5. The van der Waals surface area contributed by atoms with Crippen molar-refractivity contribution in [2.24, 2.45) is 5.10 Å². The highest BCUT2D eigenvalue weighted by Gasteiger charge is 2.10. The summed E-state index contributed by atoms with van der Waals surface area (Å²) in [6.45, 7) is 1.94. The molecule has 0 radical (unpaired) electrons. The predicted octanol–water partition coefficient (Wildman–Crippen LogP) is 3.59. The number of amides is 1. The molecule has 2 aromatic carbocycles. The van der Waals surface area contributed by atoms with Gasteiger partial charge in [-0.05, 0) is 36.2 Å². The molecule has 0 aliphatic carbocycles. The standard InChI is InChI=1S/C16H15ClN2O2/c1-2-14(11-6-5-7-12(17)10-11)18-19-16(21)13-8-3-4-9-15(13)20/h3-10,20H,2H2,1H3,(H,19,21)/b18-14-. The predicted molar refractivity (Wildman–Crippen MR) is 83.9 cm³/mol. The molecule has 0 fully saturated rings. The first-order chi connectivity index (χ1) is 10.1. The fourth-order valence-corrected chi connectivity index (χ4v) is 2.05. The third kappa shape index (κ3) is 3.83. The smallest absolute Gasteiger partial charge is 0.275 e. The lowest BCUT2D eigenvalue weighted by Gasteiger charge is -2.06.